The second-order valence-corrected chi connectivity index (χ2v) is 11.8. The van der Waals surface area contributed by atoms with Gasteiger partial charge in [-0.15, -0.1) is 0 Å². The average Bonchev–Trinajstić information content (AvgIpc) is 1.57. The van der Waals surface area contributed by atoms with Gasteiger partial charge in [0.15, 0.2) is 0 Å². The lowest BCUT2D eigenvalue weighted by atomic mass is 10.9. The maximum absolute atomic E-state index is 12.9. The third-order valence-corrected chi connectivity index (χ3v) is 4.69. The molecule has 0 aromatic rings. The molecule has 0 aromatic carbocycles. The summed E-state index contributed by atoms with van der Waals surface area (Å²) in [4.78, 5) is 0. The van der Waals surface area contributed by atoms with Gasteiger partial charge in [-0.05, 0) is 38.3 Å². The molecule has 4 heteroatoms. The van der Waals surface area contributed by atoms with Gasteiger partial charge in [-0.3, -0.25) is 0 Å². The zero-order chi connectivity index (χ0) is 8.41. The quantitative estimate of drug-likeness (QED) is 0.464. The molecule has 0 aromatic heterocycles. The summed E-state index contributed by atoms with van der Waals surface area (Å²) in [5.41, 5.74) is 0. The molecule has 0 heterocycles. The lowest BCUT2D eigenvalue weighted by Gasteiger charge is -2.15. The van der Waals surface area contributed by atoms with Crippen LogP contribution in [0, 0.1) is 0 Å². The molecule has 0 atom stereocenters. The van der Waals surface area contributed by atoms with E-state index in [-0.39, 0.29) is 0 Å². The van der Waals surface area contributed by atoms with Crippen LogP contribution in [-0.4, -0.2) is 16.8 Å². The van der Waals surface area contributed by atoms with Gasteiger partial charge in [0.05, 0.1) is 0 Å². The Bertz CT molecular complexity index is 87.3. The van der Waals surface area contributed by atoms with E-state index < -0.39 is 16.8 Å². The molecule has 0 spiro atoms. The van der Waals surface area contributed by atoms with Gasteiger partial charge in [-0.2, -0.15) is 0 Å². The summed E-state index contributed by atoms with van der Waals surface area (Å²) in [7, 11) is -4.94. The number of halogens is 2. The van der Waals surface area contributed by atoms with E-state index in [4.69, 9.17) is 0 Å². The lowest BCUT2D eigenvalue weighted by molar-refractivity contribution is 0.761. The molecule has 0 nitrogen and oxygen atoms in total. The predicted octanol–water partition coefficient (Wildman–Crippen LogP) is 3.34. The molecule has 0 aliphatic carbocycles. The Morgan fingerprint density at radius 1 is 0.800 bits per heavy atom. The normalized spacial score (nSPS) is 13.8. The van der Waals surface area contributed by atoms with Crippen LogP contribution in [0.4, 0.5) is 8.22 Å². The van der Waals surface area contributed by atoms with Crippen molar-refractivity contribution >= 4 is 16.8 Å². The highest BCUT2D eigenvalue weighted by atomic mass is 28.4. The second kappa shape index (κ2) is 3.13. The van der Waals surface area contributed by atoms with Crippen LogP contribution < -0.4 is 0 Å². The summed E-state index contributed by atoms with van der Waals surface area (Å²) in [5, 5.41) is 0. The van der Waals surface area contributed by atoms with Gasteiger partial charge in [0.1, 0.15) is 0 Å². The van der Waals surface area contributed by atoms with Crippen molar-refractivity contribution in [1.82, 2.24) is 0 Å². The molecule has 0 aliphatic heterocycles. The Kier molecular flexibility index (Phi) is 3.22. The molecule has 62 valence electrons. The molecule has 0 rings (SSSR count). The summed E-state index contributed by atoms with van der Waals surface area (Å²) in [5.74, 6) is 0. The largest absolute Gasteiger partial charge is 0.314 e. The zero-order valence-electron chi connectivity index (χ0n) is 7.17. The van der Waals surface area contributed by atoms with Crippen LogP contribution in [0.1, 0.15) is 0 Å². The van der Waals surface area contributed by atoms with Crippen LogP contribution in [0.15, 0.2) is 0 Å². The highest BCUT2D eigenvalue weighted by Crippen LogP contribution is 2.21. The van der Waals surface area contributed by atoms with Crippen molar-refractivity contribution in [1.29, 1.82) is 0 Å². The van der Waals surface area contributed by atoms with Crippen molar-refractivity contribution in [2.24, 2.45) is 0 Å². The van der Waals surface area contributed by atoms with Crippen molar-refractivity contribution in [3.63, 3.8) is 0 Å². The first-order valence-electron chi connectivity index (χ1n) is 3.59. The van der Waals surface area contributed by atoms with E-state index in [0.29, 0.717) is 12.1 Å². The minimum Gasteiger partial charge on any atom is -0.314 e. The number of hydrogen-bond donors (Lipinski definition) is 0. The van der Waals surface area contributed by atoms with Crippen LogP contribution >= 0.6 is 0 Å². The number of hydrogen-bond acceptors (Lipinski definition) is 0. The number of rotatable bonds is 3. The fraction of sp³-hybridized carbons (Fsp3) is 1.00. The first-order chi connectivity index (χ1) is 4.21. The zero-order valence-corrected chi connectivity index (χ0v) is 9.17. The topological polar surface area (TPSA) is 0 Å². The molecule has 10 heavy (non-hydrogen) atoms. The van der Waals surface area contributed by atoms with E-state index in [1.165, 1.54) is 0 Å². The van der Waals surface area contributed by atoms with Crippen LogP contribution in [0.3, 0.4) is 0 Å². The molecule has 0 saturated carbocycles. The molecule has 0 aliphatic rings. The smallest absolute Gasteiger partial charge is 0.240 e. The second-order valence-electron chi connectivity index (χ2n) is 3.94. The standard InChI is InChI=1S/C6H16F2Si2/c1-9(2,7)5-6-10(3,4)8/h5-6H2,1-4H3. The third kappa shape index (κ3) is 8.29. The van der Waals surface area contributed by atoms with E-state index in [2.05, 4.69) is 0 Å². The third-order valence-electron chi connectivity index (χ3n) is 1.31. The summed E-state index contributed by atoms with van der Waals surface area (Å²) in [6, 6.07) is 0.978. The molecule has 0 saturated heterocycles. The van der Waals surface area contributed by atoms with Gasteiger partial charge < -0.3 is 8.22 Å². The lowest BCUT2D eigenvalue weighted by Crippen LogP contribution is -2.25. The van der Waals surface area contributed by atoms with E-state index in [9.17, 15) is 8.22 Å². The van der Waals surface area contributed by atoms with Crippen molar-refractivity contribution in [3.05, 3.63) is 0 Å². The van der Waals surface area contributed by atoms with Crippen LogP contribution in [0.5, 0.6) is 0 Å². The minimum atomic E-state index is -2.47. The van der Waals surface area contributed by atoms with Crippen LogP contribution in [-0.2, 0) is 0 Å². The van der Waals surface area contributed by atoms with Gasteiger partial charge in [-0.1, -0.05) is 0 Å². The Hall–Kier alpha value is 0.294. The fourth-order valence-corrected chi connectivity index (χ4v) is 5.35. The van der Waals surface area contributed by atoms with Crippen LogP contribution in [0.2, 0.25) is 38.3 Å². The molecule has 0 N–H and O–H groups in total. The first kappa shape index (κ1) is 10.3. The average molecular weight is 182 g/mol. The molecule has 0 unspecified atom stereocenters. The van der Waals surface area contributed by atoms with Crippen molar-refractivity contribution in [2.75, 3.05) is 0 Å². The Labute approximate surface area is 64.0 Å². The molecule has 0 bridgehead atoms. The maximum atomic E-state index is 12.9. The summed E-state index contributed by atoms with van der Waals surface area (Å²) in [6.07, 6.45) is 0. The van der Waals surface area contributed by atoms with Crippen LogP contribution in [0.25, 0.3) is 0 Å². The Balaban J connectivity index is 3.56. The fourth-order valence-electron chi connectivity index (χ4n) is 0.594. The van der Waals surface area contributed by atoms with Gasteiger partial charge >= 0.3 is 0 Å². The highest BCUT2D eigenvalue weighted by molar-refractivity contribution is 6.75. The minimum absolute atomic E-state index is 0.489. The van der Waals surface area contributed by atoms with Crippen molar-refractivity contribution < 1.29 is 8.22 Å². The van der Waals surface area contributed by atoms with E-state index in [1.54, 1.807) is 26.2 Å². The molecule has 0 fully saturated rings. The molecule has 0 amide bonds. The van der Waals surface area contributed by atoms with Gasteiger partial charge in [0.2, 0.25) is 16.8 Å². The van der Waals surface area contributed by atoms with E-state index >= 15 is 0 Å². The molecule has 0 radical (unpaired) electrons. The molecular weight excluding hydrogens is 166 g/mol. The summed E-state index contributed by atoms with van der Waals surface area (Å²) in [6.45, 7) is 6.53. The van der Waals surface area contributed by atoms with E-state index in [1.807, 2.05) is 0 Å². The summed E-state index contributed by atoms with van der Waals surface area (Å²) >= 11 is 0. The highest BCUT2D eigenvalue weighted by Gasteiger charge is 2.27. The monoisotopic (exact) mass is 182 g/mol. The Morgan fingerprint density at radius 2 is 1.00 bits per heavy atom. The van der Waals surface area contributed by atoms with Gasteiger partial charge in [0.25, 0.3) is 0 Å². The summed E-state index contributed by atoms with van der Waals surface area (Å²) < 4.78 is 25.8. The maximum Gasteiger partial charge on any atom is 0.240 e. The Morgan fingerprint density at radius 3 is 1.10 bits per heavy atom. The SMILES string of the molecule is C[Si](C)(F)CC[Si](C)(C)F. The molecular formula is C6H16F2Si2. The van der Waals surface area contributed by atoms with E-state index in [0.717, 1.165) is 0 Å². The van der Waals surface area contributed by atoms with Gasteiger partial charge in [-0.25, -0.2) is 0 Å². The van der Waals surface area contributed by atoms with Gasteiger partial charge in [0, 0.05) is 0 Å². The van der Waals surface area contributed by atoms with Crippen molar-refractivity contribution in [2.45, 2.75) is 38.3 Å². The van der Waals surface area contributed by atoms with Crippen molar-refractivity contribution in [3.8, 4) is 0 Å². The predicted molar refractivity (Wildman–Crippen MR) is 46.8 cm³/mol. The first-order valence-corrected chi connectivity index (χ1v) is 9.76.